The van der Waals surface area contributed by atoms with Gasteiger partial charge in [-0.3, -0.25) is 4.79 Å². The van der Waals surface area contributed by atoms with Gasteiger partial charge in [0.15, 0.2) is 0 Å². The average Bonchev–Trinajstić information content (AvgIpc) is 2.00. The zero-order chi connectivity index (χ0) is 9.00. The molecule has 0 unspecified atom stereocenters. The minimum absolute atomic E-state index is 0.453. The van der Waals surface area contributed by atoms with E-state index in [4.69, 9.17) is 5.11 Å². The standard InChI is InChI=1S/C11H15O2/c12-11(13)10-8-2-6-1-7(4-8)5-9(10)3-6/h6-9H,1-5H2,(H,12,13). The van der Waals surface area contributed by atoms with Gasteiger partial charge in [-0.1, -0.05) is 0 Å². The number of hydrogen-bond acceptors (Lipinski definition) is 1. The summed E-state index contributed by atoms with van der Waals surface area (Å²) in [7, 11) is 0. The zero-order valence-corrected chi connectivity index (χ0v) is 7.70. The number of carboxylic acids is 1. The van der Waals surface area contributed by atoms with Gasteiger partial charge in [-0.15, -0.1) is 0 Å². The number of carbonyl (C=O) groups is 1. The lowest BCUT2D eigenvalue weighted by atomic mass is 9.52. The zero-order valence-electron chi connectivity index (χ0n) is 7.70. The molecule has 4 bridgehead atoms. The van der Waals surface area contributed by atoms with Crippen LogP contribution in [0.1, 0.15) is 32.1 Å². The first kappa shape index (κ1) is 7.84. The highest BCUT2D eigenvalue weighted by molar-refractivity contribution is 5.84. The number of carboxylic acid groups (broad SMARTS) is 1. The molecule has 0 amide bonds. The van der Waals surface area contributed by atoms with Crippen molar-refractivity contribution in [2.45, 2.75) is 32.1 Å². The average molecular weight is 179 g/mol. The molecule has 0 aromatic carbocycles. The second kappa shape index (κ2) is 2.49. The quantitative estimate of drug-likeness (QED) is 0.669. The summed E-state index contributed by atoms with van der Waals surface area (Å²) in [4.78, 5) is 11.1. The molecule has 0 aliphatic heterocycles. The molecule has 0 aromatic heterocycles. The van der Waals surface area contributed by atoms with Crippen molar-refractivity contribution in [2.24, 2.45) is 23.7 Å². The predicted octanol–water partition coefficient (Wildman–Crippen LogP) is 2.10. The maximum Gasteiger partial charge on any atom is 0.311 e. The third-order valence-electron chi connectivity index (χ3n) is 4.26. The largest absolute Gasteiger partial charge is 0.481 e. The summed E-state index contributed by atoms with van der Waals surface area (Å²) in [5.74, 6) is 2.92. The van der Waals surface area contributed by atoms with Gasteiger partial charge in [-0.25, -0.2) is 0 Å². The number of aliphatic carboxylic acids is 1. The second-order valence-corrected chi connectivity index (χ2v) is 5.06. The third kappa shape index (κ3) is 1.04. The predicted molar refractivity (Wildman–Crippen MR) is 47.9 cm³/mol. The summed E-state index contributed by atoms with van der Waals surface area (Å²) in [6, 6.07) is 0. The van der Waals surface area contributed by atoms with Crippen molar-refractivity contribution in [3.63, 3.8) is 0 Å². The second-order valence-electron chi connectivity index (χ2n) is 5.06. The van der Waals surface area contributed by atoms with Crippen LogP contribution < -0.4 is 0 Å². The van der Waals surface area contributed by atoms with E-state index in [0.717, 1.165) is 17.8 Å². The van der Waals surface area contributed by atoms with E-state index >= 15 is 0 Å². The first-order chi connectivity index (χ1) is 6.24. The van der Waals surface area contributed by atoms with E-state index in [1.54, 1.807) is 0 Å². The summed E-state index contributed by atoms with van der Waals surface area (Å²) in [5, 5.41) is 9.11. The summed E-state index contributed by atoms with van der Waals surface area (Å²) in [6.45, 7) is 0. The topological polar surface area (TPSA) is 37.3 Å². The molecule has 0 spiro atoms. The Labute approximate surface area is 78.3 Å². The van der Waals surface area contributed by atoms with Gasteiger partial charge in [-0.05, 0) is 55.8 Å². The summed E-state index contributed by atoms with van der Waals surface area (Å²) >= 11 is 0. The first-order valence-corrected chi connectivity index (χ1v) is 5.34. The molecule has 2 heteroatoms. The molecule has 4 aliphatic carbocycles. The van der Waals surface area contributed by atoms with E-state index < -0.39 is 5.97 Å². The monoisotopic (exact) mass is 179 g/mol. The number of rotatable bonds is 1. The van der Waals surface area contributed by atoms with Crippen molar-refractivity contribution in [2.75, 3.05) is 0 Å². The highest BCUT2D eigenvalue weighted by Gasteiger charge is 2.51. The van der Waals surface area contributed by atoms with E-state index in [1.165, 1.54) is 32.1 Å². The molecular weight excluding hydrogens is 164 g/mol. The highest BCUT2D eigenvalue weighted by Crippen LogP contribution is 2.57. The van der Waals surface area contributed by atoms with E-state index in [9.17, 15) is 4.79 Å². The lowest BCUT2D eigenvalue weighted by molar-refractivity contribution is -0.140. The normalized spacial score (nSPS) is 48.3. The van der Waals surface area contributed by atoms with Gasteiger partial charge >= 0.3 is 5.97 Å². The van der Waals surface area contributed by atoms with Crippen LogP contribution in [0.3, 0.4) is 0 Å². The molecule has 1 N–H and O–H groups in total. The lowest BCUT2D eigenvalue weighted by Crippen LogP contribution is -2.46. The molecule has 0 heterocycles. The maximum atomic E-state index is 11.1. The Hall–Kier alpha value is -0.530. The molecule has 13 heavy (non-hydrogen) atoms. The van der Waals surface area contributed by atoms with Gasteiger partial charge in [0.25, 0.3) is 0 Å². The molecule has 71 valence electrons. The Morgan fingerprint density at radius 3 is 1.85 bits per heavy atom. The van der Waals surface area contributed by atoms with E-state index in [1.807, 2.05) is 0 Å². The van der Waals surface area contributed by atoms with Crippen molar-refractivity contribution in [3.8, 4) is 0 Å². The molecule has 4 aliphatic rings. The minimum Gasteiger partial charge on any atom is -0.481 e. The Morgan fingerprint density at radius 2 is 1.46 bits per heavy atom. The van der Waals surface area contributed by atoms with Crippen LogP contribution in [0.4, 0.5) is 0 Å². The number of hydrogen-bond donors (Lipinski definition) is 1. The van der Waals surface area contributed by atoms with E-state index in [-0.39, 0.29) is 0 Å². The van der Waals surface area contributed by atoms with E-state index in [0.29, 0.717) is 11.8 Å². The molecule has 0 aromatic rings. The molecule has 4 fully saturated rings. The fourth-order valence-electron chi connectivity index (χ4n) is 4.04. The van der Waals surface area contributed by atoms with Gasteiger partial charge < -0.3 is 5.11 Å². The molecule has 4 rings (SSSR count). The van der Waals surface area contributed by atoms with Crippen LogP contribution in [0.2, 0.25) is 0 Å². The van der Waals surface area contributed by atoms with Crippen LogP contribution >= 0.6 is 0 Å². The molecule has 4 saturated carbocycles. The van der Waals surface area contributed by atoms with Crippen molar-refractivity contribution in [1.29, 1.82) is 0 Å². The van der Waals surface area contributed by atoms with Crippen molar-refractivity contribution in [3.05, 3.63) is 5.92 Å². The third-order valence-corrected chi connectivity index (χ3v) is 4.26. The van der Waals surface area contributed by atoms with Crippen LogP contribution in [-0.2, 0) is 4.79 Å². The van der Waals surface area contributed by atoms with Gasteiger partial charge in [0.05, 0.1) is 5.92 Å². The fourth-order valence-corrected chi connectivity index (χ4v) is 4.04. The lowest BCUT2D eigenvalue weighted by Gasteiger charge is -2.52. The van der Waals surface area contributed by atoms with Gasteiger partial charge in [0.2, 0.25) is 0 Å². The fraction of sp³-hybridized carbons (Fsp3) is 0.818. The SMILES string of the molecule is O=C(O)[C]1C2CC3CC(C2)CC1C3. The van der Waals surface area contributed by atoms with Crippen LogP contribution in [0.15, 0.2) is 0 Å². The van der Waals surface area contributed by atoms with Crippen LogP contribution in [0, 0.1) is 29.6 Å². The van der Waals surface area contributed by atoms with Crippen LogP contribution in [0.25, 0.3) is 0 Å². The Bertz CT molecular complexity index is 218. The van der Waals surface area contributed by atoms with Gasteiger partial charge in [0.1, 0.15) is 0 Å². The summed E-state index contributed by atoms with van der Waals surface area (Å²) < 4.78 is 0. The Morgan fingerprint density at radius 1 is 1.00 bits per heavy atom. The summed E-state index contributed by atoms with van der Waals surface area (Å²) in [6.07, 6.45) is 6.09. The Balaban J connectivity index is 1.89. The van der Waals surface area contributed by atoms with Gasteiger partial charge in [0, 0.05) is 0 Å². The molecule has 1 radical (unpaired) electrons. The molecule has 0 atom stereocenters. The first-order valence-electron chi connectivity index (χ1n) is 5.34. The molecular formula is C11H15O2. The maximum absolute atomic E-state index is 11.1. The highest BCUT2D eigenvalue weighted by atomic mass is 16.4. The smallest absolute Gasteiger partial charge is 0.311 e. The molecule has 0 saturated heterocycles. The van der Waals surface area contributed by atoms with Crippen molar-refractivity contribution in [1.82, 2.24) is 0 Å². The van der Waals surface area contributed by atoms with Crippen LogP contribution in [0.5, 0.6) is 0 Å². The molecule has 2 nitrogen and oxygen atoms in total. The van der Waals surface area contributed by atoms with E-state index in [2.05, 4.69) is 0 Å². The Kier molecular flexibility index (Phi) is 1.50. The van der Waals surface area contributed by atoms with Crippen molar-refractivity contribution >= 4 is 5.97 Å². The summed E-state index contributed by atoms with van der Waals surface area (Å²) in [5.41, 5.74) is 0. The minimum atomic E-state index is -0.603. The van der Waals surface area contributed by atoms with Crippen molar-refractivity contribution < 1.29 is 9.90 Å². The van der Waals surface area contributed by atoms with Gasteiger partial charge in [-0.2, -0.15) is 0 Å². The van der Waals surface area contributed by atoms with Crippen LogP contribution in [-0.4, -0.2) is 11.1 Å².